The van der Waals surface area contributed by atoms with Gasteiger partial charge in [0, 0.05) is 6.54 Å². The number of nitro benzene ring substituents is 1. The van der Waals surface area contributed by atoms with Crippen molar-refractivity contribution in [2.75, 3.05) is 17.2 Å². The molecule has 0 spiro atoms. The number of para-hydroxylation sites is 1. The van der Waals surface area contributed by atoms with E-state index in [0.29, 0.717) is 12.2 Å². The van der Waals surface area contributed by atoms with Crippen molar-refractivity contribution < 1.29 is 9.72 Å². The standard InChI is InChI=1S/C13H20N4O3/c1-4-8-15-9-6-5-7-10(11(9)17(19)20)16-13(2,3)12(14)18/h5-7,15-16H,4,8H2,1-3H3,(H2,14,18). The second-order valence-corrected chi connectivity index (χ2v) is 5.00. The Morgan fingerprint density at radius 1 is 1.40 bits per heavy atom. The van der Waals surface area contributed by atoms with E-state index in [-0.39, 0.29) is 11.4 Å². The van der Waals surface area contributed by atoms with E-state index in [1.54, 1.807) is 32.0 Å². The number of nitrogens with two attached hydrogens (primary N) is 1. The molecule has 20 heavy (non-hydrogen) atoms. The van der Waals surface area contributed by atoms with Crippen LogP contribution in [0.4, 0.5) is 17.1 Å². The molecule has 0 fully saturated rings. The lowest BCUT2D eigenvalue weighted by atomic mass is 10.0. The highest BCUT2D eigenvalue weighted by atomic mass is 16.6. The summed E-state index contributed by atoms with van der Waals surface area (Å²) >= 11 is 0. The topological polar surface area (TPSA) is 110 Å². The van der Waals surface area contributed by atoms with Crippen molar-refractivity contribution in [1.29, 1.82) is 0 Å². The summed E-state index contributed by atoms with van der Waals surface area (Å²) in [5, 5.41) is 17.1. The predicted octanol–water partition coefficient (Wildman–Crippen LogP) is 2.09. The van der Waals surface area contributed by atoms with Gasteiger partial charge in [0.25, 0.3) is 0 Å². The number of anilines is 2. The Hall–Kier alpha value is -2.31. The summed E-state index contributed by atoms with van der Waals surface area (Å²) in [6, 6.07) is 4.88. The summed E-state index contributed by atoms with van der Waals surface area (Å²) in [5.41, 5.74) is 4.80. The minimum absolute atomic E-state index is 0.0877. The molecule has 0 aromatic heterocycles. The number of nitrogens with zero attached hydrogens (tertiary/aromatic N) is 1. The zero-order valence-corrected chi connectivity index (χ0v) is 11.9. The van der Waals surface area contributed by atoms with Crippen LogP contribution in [-0.2, 0) is 4.79 Å². The lowest BCUT2D eigenvalue weighted by molar-refractivity contribution is -0.383. The van der Waals surface area contributed by atoms with E-state index < -0.39 is 16.4 Å². The average molecular weight is 280 g/mol. The van der Waals surface area contributed by atoms with Crippen molar-refractivity contribution in [3.05, 3.63) is 28.3 Å². The average Bonchev–Trinajstić information content (AvgIpc) is 2.35. The fraction of sp³-hybridized carbons (Fsp3) is 0.462. The number of amides is 1. The van der Waals surface area contributed by atoms with Crippen LogP contribution in [0.2, 0.25) is 0 Å². The first-order valence-electron chi connectivity index (χ1n) is 6.39. The van der Waals surface area contributed by atoms with Gasteiger partial charge >= 0.3 is 5.69 Å². The molecule has 4 N–H and O–H groups in total. The molecule has 0 aliphatic heterocycles. The van der Waals surface area contributed by atoms with Gasteiger partial charge in [-0.3, -0.25) is 14.9 Å². The minimum Gasteiger partial charge on any atom is -0.379 e. The smallest absolute Gasteiger partial charge is 0.315 e. The quantitative estimate of drug-likeness (QED) is 0.523. The van der Waals surface area contributed by atoms with Crippen LogP contribution in [0.5, 0.6) is 0 Å². The van der Waals surface area contributed by atoms with Crippen LogP contribution in [-0.4, -0.2) is 22.9 Å². The van der Waals surface area contributed by atoms with Crippen LogP contribution in [0.15, 0.2) is 18.2 Å². The second kappa shape index (κ2) is 6.23. The number of carbonyl (C=O) groups excluding carboxylic acids is 1. The molecule has 0 heterocycles. The van der Waals surface area contributed by atoms with E-state index in [2.05, 4.69) is 10.6 Å². The SMILES string of the molecule is CCCNc1cccc(NC(C)(C)C(N)=O)c1[N+](=O)[O-]. The molecule has 0 aliphatic carbocycles. The highest BCUT2D eigenvalue weighted by Crippen LogP contribution is 2.34. The summed E-state index contributed by atoms with van der Waals surface area (Å²) in [6.07, 6.45) is 0.849. The van der Waals surface area contributed by atoms with Crippen LogP contribution in [0.1, 0.15) is 27.2 Å². The fourth-order valence-corrected chi connectivity index (χ4v) is 1.64. The van der Waals surface area contributed by atoms with Gasteiger partial charge < -0.3 is 16.4 Å². The molecular formula is C13H20N4O3. The lowest BCUT2D eigenvalue weighted by Crippen LogP contribution is -2.45. The first-order chi connectivity index (χ1) is 9.29. The van der Waals surface area contributed by atoms with Crippen LogP contribution in [0.3, 0.4) is 0 Å². The second-order valence-electron chi connectivity index (χ2n) is 5.00. The van der Waals surface area contributed by atoms with Gasteiger partial charge in [-0.05, 0) is 32.4 Å². The summed E-state index contributed by atoms with van der Waals surface area (Å²) < 4.78 is 0. The number of rotatable bonds is 7. The molecule has 110 valence electrons. The van der Waals surface area contributed by atoms with Gasteiger partial charge in [-0.25, -0.2) is 0 Å². The Labute approximate surface area is 117 Å². The first kappa shape index (κ1) is 15.7. The summed E-state index contributed by atoms with van der Waals surface area (Å²) in [6.45, 7) is 5.75. The number of nitrogens with one attached hydrogen (secondary N) is 2. The lowest BCUT2D eigenvalue weighted by Gasteiger charge is -2.24. The molecule has 1 rings (SSSR count). The van der Waals surface area contributed by atoms with Crippen LogP contribution in [0, 0.1) is 10.1 Å². The summed E-state index contributed by atoms with van der Waals surface area (Å²) in [5.74, 6) is -0.585. The monoisotopic (exact) mass is 280 g/mol. The van der Waals surface area contributed by atoms with Gasteiger partial charge in [0.2, 0.25) is 5.91 Å². The Kier molecular flexibility index (Phi) is 4.90. The van der Waals surface area contributed by atoms with E-state index in [4.69, 9.17) is 5.73 Å². The third kappa shape index (κ3) is 3.59. The summed E-state index contributed by atoms with van der Waals surface area (Å²) in [4.78, 5) is 22.1. The van der Waals surface area contributed by atoms with Crippen molar-refractivity contribution in [1.82, 2.24) is 0 Å². The first-order valence-corrected chi connectivity index (χ1v) is 6.39. The van der Waals surface area contributed by atoms with Crippen LogP contribution in [0.25, 0.3) is 0 Å². The molecule has 0 atom stereocenters. The molecule has 1 aromatic carbocycles. The van der Waals surface area contributed by atoms with Crippen LogP contribution < -0.4 is 16.4 Å². The maximum absolute atomic E-state index is 11.3. The van der Waals surface area contributed by atoms with Gasteiger partial charge in [-0.2, -0.15) is 0 Å². The third-order valence-corrected chi connectivity index (χ3v) is 2.85. The molecule has 0 bridgehead atoms. The van der Waals surface area contributed by atoms with Crippen molar-refractivity contribution in [2.45, 2.75) is 32.7 Å². The van der Waals surface area contributed by atoms with Crippen LogP contribution >= 0.6 is 0 Å². The number of carbonyl (C=O) groups is 1. The molecular weight excluding hydrogens is 260 g/mol. The van der Waals surface area contributed by atoms with Gasteiger partial charge in [0.05, 0.1) is 4.92 Å². The Bertz CT molecular complexity index is 514. The van der Waals surface area contributed by atoms with Crippen molar-refractivity contribution in [3.63, 3.8) is 0 Å². The number of hydrogen-bond donors (Lipinski definition) is 3. The van der Waals surface area contributed by atoms with Gasteiger partial charge in [-0.15, -0.1) is 0 Å². The van der Waals surface area contributed by atoms with Gasteiger partial charge in [-0.1, -0.05) is 13.0 Å². The number of nitro groups is 1. The van der Waals surface area contributed by atoms with E-state index in [1.807, 2.05) is 6.92 Å². The van der Waals surface area contributed by atoms with Crippen molar-refractivity contribution >= 4 is 23.0 Å². The molecule has 7 heteroatoms. The van der Waals surface area contributed by atoms with Gasteiger partial charge in [0.1, 0.15) is 16.9 Å². The highest BCUT2D eigenvalue weighted by Gasteiger charge is 2.29. The number of hydrogen-bond acceptors (Lipinski definition) is 5. The van der Waals surface area contributed by atoms with E-state index in [9.17, 15) is 14.9 Å². The fourth-order valence-electron chi connectivity index (χ4n) is 1.64. The third-order valence-electron chi connectivity index (χ3n) is 2.85. The molecule has 0 aliphatic rings. The normalized spacial score (nSPS) is 10.9. The molecule has 1 amide bonds. The zero-order chi connectivity index (χ0) is 15.3. The maximum Gasteiger partial charge on any atom is 0.315 e. The molecule has 0 unspecified atom stereocenters. The Balaban J connectivity index is 3.19. The highest BCUT2D eigenvalue weighted by molar-refractivity contribution is 5.89. The van der Waals surface area contributed by atoms with E-state index >= 15 is 0 Å². The minimum atomic E-state index is -1.08. The molecule has 1 aromatic rings. The number of benzene rings is 1. The summed E-state index contributed by atoms with van der Waals surface area (Å²) in [7, 11) is 0. The zero-order valence-electron chi connectivity index (χ0n) is 11.9. The van der Waals surface area contributed by atoms with Crippen molar-refractivity contribution in [3.8, 4) is 0 Å². The Morgan fingerprint density at radius 2 is 2.00 bits per heavy atom. The predicted molar refractivity (Wildman–Crippen MR) is 78.8 cm³/mol. The largest absolute Gasteiger partial charge is 0.379 e. The Morgan fingerprint density at radius 3 is 2.50 bits per heavy atom. The number of primary amides is 1. The van der Waals surface area contributed by atoms with Gasteiger partial charge in [0.15, 0.2) is 0 Å². The molecule has 0 radical (unpaired) electrons. The molecule has 7 nitrogen and oxygen atoms in total. The maximum atomic E-state index is 11.3. The molecule has 0 saturated heterocycles. The molecule has 0 saturated carbocycles. The van der Waals surface area contributed by atoms with Crippen molar-refractivity contribution in [2.24, 2.45) is 5.73 Å². The van der Waals surface area contributed by atoms with E-state index in [0.717, 1.165) is 6.42 Å². The van der Waals surface area contributed by atoms with E-state index in [1.165, 1.54) is 0 Å².